The summed E-state index contributed by atoms with van der Waals surface area (Å²) in [5.41, 5.74) is 1.94. The average Bonchev–Trinajstić information content (AvgIpc) is 3.05. The number of carbonyl (C=O) groups excluding carboxylic acids is 1. The first-order valence-electron chi connectivity index (χ1n) is 8.04. The molecule has 122 valence electrons. The minimum Gasteiger partial charge on any atom is -0.336 e. The van der Waals surface area contributed by atoms with Crippen molar-refractivity contribution < 1.29 is 4.79 Å². The first-order chi connectivity index (χ1) is 11.2. The van der Waals surface area contributed by atoms with Gasteiger partial charge in [0.2, 0.25) is 0 Å². The van der Waals surface area contributed by atoms with Gasteiger partial charge in [-0.3, -0.25) is 4.68 Å². The number of urea groups is 1. The molecule has 0 saturated carbocycles. The van der Waals surface area contributed by atoms with Crippen molar-refractivity contribution in [1.29, 1.82) is 0 Å². The number of piperidine rings is 1. The van der Waals surface area contributed by atoms with E-state index in [1.165, 1.54) is 6.42 Å². The van der Waals surface area contributed by atoms with E-state index in [1.807, 2.05) is 46.1 Å². The summed E-state index contributed by atoms with van der Waals surface area (Å²) in [7, 11) is 0. The van der Waals surface area contributed by atoms with Gasteiger partial charge in [0.15, 0.2) is 0 Å². The Balaban J connectivity index is 1.49. The van der Waals surface area contributed by atoms with Gasteiger partial charge < -0.3 is 10.2 Å². The number of amides is 2. The minimum absolute atomic E-state index is 0.0368. The lowest BCUT2D eigenvalue weighted by molar-refractivity contribution is 0.186. The maximum atomic E-state index is 12.0. The second-order valence-corrected chi connectivity index (χ2v) is 6.19. The average molecular weight is 333 g/mol. The van der Waals surface area contributed by atoms with Crippen LogP contribution in [0.25, 0.3) is 11.3 Å². The molecule has 3 rings (SSSR count). The van der Waals surface area contributed by atoms with E-state index in [9.17, 15) is 4.79 Å². The van der Waals surface area contributed by atoms with Crippen molar-refractivity contribution in [1.82, 2.24) is 20.0 Å². The molecule has 1 aromatic carbocycles. The zero-order chi connectivity index (χ0) is 16.1. The lowest BCUT2D eigenvalue weighted by Crippen LogP contribution is -2.43. The van der Waals surface area contributed by atoms with Gasteiger partial charge >= 0.3 is 6.03 Å². The van der Waals surface area contributed by atoms with Gasteiger partial charge in [0, 0.05) is 36.4 Å². The van der Waals surface area contributed by atoms with Gasteiger partial charge in [-0.25, -0.2) is 4.79 Å². The van der Waals surface area contributed by atoms with Gasteiger partial charge in [-0.05, 0) is 37.5 Å². The van der Waals surface area contributed by atoms with Gasteiger partial charge in [0.1, 0.15) is 0 Å². The smallest absolute Gasteiger partial charge is 0.317 e. The summed E-state index contributed by atoms with van der Waals surface area (Å²) in [5.74, 6) is 0. The zero-order valence-electron chi connectivity index (χ0n) is 13.0. The summed E-state index contributed by atoms with van der Waals surface area (Å²) in [6, 6.07) is 9.62. The number of benzene rings is 1. The van der Waals surface area contributed by atoms with Gasteiger partial charge in [-0.15, -0.1) is 0 Å². The molecule has 1 aliphatic heterocycles. The highest BCUT2D eigenvalue weighted by Gasteiger charge is 2.15. The van der Waals surface area contributed by atoms with Crippen molar-refractivity contribution in [2.24, 2.45) is 0 Å². The summed E-state index contributed by atoms with van der Waals surface area (Å²) in [6.07, 6.45) is 5.37. The highest BCUT2D eigenvalue weighted by atomic mass is 35.5. The summed E-state index contributed by atoms with van der Waals surface area (Å²) in [4.78, 5) is 13.9. The lowest BCUT2D eigenvalue weighted by atomic mass is 10.1. The molecule has 0 unspecified atom stereocenters. The predicted molar refractivity (Wildman–Crippen MR) is 91.5 cm³/mol. The zero-order valence-corrected chi connectivity index (χ0v) is 13.8. The van der Waals surface area contributed by atoms with Crippen LogP contribution in [0.1, 0.15) is 19.3 Å². The van der Waals surface area contributed by atoms with Crippen molar-refractivity contribution in [3.05, 3.63) is 41.6 Å². The molecule has 1 saturated heterocycles. The van der Waals surface area contributed by atoms with Crippen molar-refractivity contribution >= 4 is 17.6 Å². The molecule has 0 atom stereocenters. The van der Waals surface area contributed by atoms with E-state index in [4.69, 9.17) is 11.6 Å². The topological polar surface area (TPSA) is 50.2 Å². The fraction of sp³-hybridized carbons (Fsp3) is 0.412. The largest absolute Gasteiger partial charge is 0.336 e. The molecule has 0 spiro atoms. The van der Waals surface area contributed by atoms with Crippen LogP contribution in [0.15, 0.2) is 36.5 Å². The summed E-state index contributed by atoms with van der Waals surface area (Å²) >= 11 is 5.90. The number of hydrogen-bond acceptors (Lipinski definition) is 2. The Labute approximate surface area is 141 Å². The molecule has 2 heterocycles. The van der Waals surface area contributed by atoms with Crippen LogP contribution in [0.4, 0.5) is 4.79 Å². The predicted octanol–water partition coefficient (Wildman–Crippen LogP) is 3.40. The van der Waals surface area contributed by atoms with Crippen molar-refractivity contribution in [2.45, 2.75) is 25.8 Å². The van der Waals surface area contributed by atoms with E-state index in [0.29, 0.717) is 18.1 Å². The molecule has 23 heavy (non-hydrogen) atoms. The molecule has 2 amide bonds. The van der Waals surface area contributed by atoms with Gasteiger partial charge in [-0.1, -0.05) is 23.7 Å². The number of likely N-dealkylation sites (tertiary alicyclic amines) is 1. The first kappa shape index (κ1) is 15.9. The highest BCUT2D eigenvalue weighted by molar-refractivity contribution is 6.30. The molecule has 0 radical (unpaired) electrons. The van der Waals surface area contributed by atoms with E-state index in [2.05, 4.69) is 10.4 Å². The Morgan fingerprint density at radius 3 is 2.61 bits per heavy atom. The van der Waals surface area contributed by atoms with Gasteiger partial charge in [0.25, 0.3) is 0 Å². The van der Waals surface area contributed by atoms with Crippen molar-refractivity contribution in [3.8, 4) is 11.3 Å². The molecule has 1 N–H and O–H groups in total. The third-order valence-corrected chi connectivity index (χ3v) is 4.29. The number of carbonyl (C=O) groups is 1. The maximum absolute atomic E-state index is 12.0. The number of hydrogen-bond donors (Lipinski definition) is 1. The molecule has 1 fully saturated rings. The fourth-order valence-electron chi connectivity index (χ4n) is 2.75. The normalized spacial score (nSPS) is 14.7. The molecule has 6 heteroatoms. The second-order valence-electron chi connectivity index (χ2n) is 5.75. The SMILES string of the molecule is O=C(NCCn1ccc(-c2ccc(Cl)cc2)n1)N1CCCCC1. The molecule has 0 aliphatic carbocycles. The van der Waals surface area contributed by atoms with Crippen LogP contribution in [0, 0.1) is 0 Å². The van der Waals surface area contributed by atoms with E-state index in [0.717, 1.165) is 37.2 Å². The Morgan fingerprint density at radius 2 is 1.87 bits per heavy atom. The maximum Gasteiger partial charge on any atom is 0.317 e. The Bertz CT molecular complexity index is 647. The summed E-state index contributed by atoms with van der Waals surface area (Å²) < 4.78 is 1.85. The monoisotopic (exact) mass is 332 g/mol. The second kappa shape index (κ2) is 7.51. The standard InChI is InChI=1S/C17H21ClN4O/c18-15-6-4-14(5-7-15)16-8-12-22(20-16)13-9-19-17(23)21-10-2-1-3-11-21/h4-8,12H,1-3,9-11,13H2,(H,19,23). The third kappa shape index (κ3) is 4.26. The van der Waals surface area contributed by atoms with E-state index < -0.39 is 0 Å². The molecule has 2 aromatic rings. The summed E-state index contributed by atoms with van der Waals surface area (Å²) in [5, 5.41) is 8.21. The van der Waals surface area contributed by atoms with Crippen LogP contribution < -0.4 is 5.32 Å². The fourth-order valence-corrected chi connectivity index (χ4v) is 2.87. The van der Waals surface area contributed by atoms with Crippen LogP contribution in [-0.2, 0) is 6.54 Å². The number of halogens is 1. The number of aromatic nitrogens is 2. The molecule has 5 nitrogen and oxygen atoms in total. The number of nitrogens with zero attached hydrogens (tertiary/aromatic N) is 3. The van der Waals surface area contributed by atoms with Gasteiger partial charge in [0.05, 0.1) is 12.2 Å². The van der Waals surface area contributed by atoms with Crippen LogP contribution >= 0.6 is 11.6 Å². The summed E-state index contributed by atoms with van der Waals surface area (Å²) in [6.45, 7) is 2.98. The van der Waals surface area contributed by atoms with Crippen molar-refractivity contribution in [3.63, 3.8) is 0 Å². The van der Waals surface area contributed by atoms with Crippen molar-refractivity contribution in [2.75, 3.05) is 19.6 Å². The molecular weight excluding hydrogens is 312 g/mol. The number of nitrogens with one attached hydrogen (secondary N) is 1. The van der Waals surface area contributed by atoms with Crippen LogP contribution in [0.5, 0.6) is 0 Å². The Hall–Kier alpha value is -2.01. The minimum atomic E-state index is 0.0368. The molecular formula is C17H21ClN4O. The third-order valence-electron chi connectivity index (χ3n) is 4.04. The van der Waals surface area contributed by atoms with E-state index >= 15 is 0 Å². The Morgan fingerprint density at radius 1 is 1.13 bits per heavy atom. The number of rotatable bonds is 4. The van der Waals surface area contributed by atoms with E-state index in [1.54, 1.807) is 0 Å². The van der Waals surface area contributed by atoms with Crippen LogP contribution in [0.2, 0.25) is 5.02 Å². The van der Waals surface area contributed by atoms with Crippen LogP contribution in [0.3, 0.4) is 0 Å². The molecule has 1 aromatic heterocycles. The van der Waals surface area contributed by atoms with Crippen LogP contribution in [-0.4, -0.2) is 40.3 Å². The first-order valence-corrected chi connectivity index (χ1v) is 8.42. The Kier molecular flexibility index (Phi) is 5.18. The molecule has 1 aliphatic rings. The van der Waals surface area contributed by atoms with Gasteiger partial charge in [-0.2, -0.15) is 5.10 Å². The van der Waals surface area contributed by atoms with E-state index in [-0.39, 0.29) is 6.03 Å². The highest BCUT2D eigenvalue weighted by Crippen LogP contribution is 2.19. The lowest BCUT2D eigenvalue weighted by Gasteiger charge is -2.26. The quantitative estimate of drug-likeness (QED) is 0.933. The molecule has 0 bridgehead atoms.